The van der Waals surface area contributed by atoms with Gasteiger partial charge < -0.3 is 11.1 Å². The summed E-state index contributed by atoms with van der Waals surface area (Å²) in [4.78, 5) is 12.1. The van der Waals surface area contributed by atoms with Crippen LogP contribution in [0.1, 0.15) is 36.5 Å². The molecule has 5 rings (SSSR count). The van der Waals surface area contributed by atoms with Crippen LogP contribution in [0.3, 0.4) is 0 Å². The highest BCUT2D eigenvalue weighted by molar-refractivity contribution is 6.02. The van der Waals surface area contributed by atoms with Gasteiger partial charge in [-0.05, 0) is 55.0 Å². The van der Waals surface area contributed by atoms with Gasteiger partial charge >= 0.3 is 0 Å². The first-order valence-electron chi connectivity index (χ1n) is 10.8. The molecule has 0 saturated heterocycles. The van der Waals surface area contributed by atoms with E-state index in [1.807, 2.05) is 42.6 Å². The molecule has 0 bridgehead atoms. The summed E-state index contributed by atoms with van der Waals surface area (Å²) in [6.45, 7) is 1.61. The van der Waals surface area contributed by atoms with E-state index in [0.29, 0.717) is 24.0 Å². The Morgan fingerprint density at radius 3 is 2.50 bits per heavy atom. The molecular weight excluding hydrogens is 403 g/mol. The summed E-state index contributed by atoms with van der Waals surface area (Å²) >= 11 is 0. The van der Waals surface area contributed by atoms with Crippen LogP contribution in [0, 0.1) is 0 Å². The Balaban J connectivity index is 1.59. The molecule has 0 spiro atoms. The van der Waals surface area contributed by atoms with Crippen molar-refractivity contribution in [2.24, 2.45) is 5.73 Å². The Morgan fingerprint density at radius 2 is 1.81 bits per heavy atom. The number of alkyl halides is 1. The summed E-state index contributed by atoms with van der Waals surface area (Å²) in [5.41, 5.74) is 10.0. The van der Waals surface area contributed by atoms with E-state index in [9.17, 15) is 9.18 Å². The number of amides is 1. The summed E-state index contributed by atoms with van der Waals surface area (Å²) in [6, 6.07) is 20.0. The quantitative estimate of drug-likeness (QED) is 0.443. The SMILES string of the molecule is C[C@]1(F)CCC[C@H]1Nc1c(C(N)=O)cnn2cc(-c3cccc(-c4ccccc4)c3)cc12. The second-order valence-electron chi connectivity index (χ2n) is 8.67. The largest absolute Gasteiger partial charge is 0.377 e. The maximum atomic E-state index is 15.0. The summed E-state index contributed by atoms with van der Waals surface area (Å²) < 4.78 is 16.7. The second kappa shape index (κ2) is 7.79. The third-order valence-electron chi connectivity index (χ3n) is 6.41. The summed E-state index contributed by atoms with van der Waals surface area (Å²) in [5, 5.41) is 7.67. The fourth-order valence-electron chi connectivity index (χ4n) is 4.59. The van der Waals surface area contributed by atoms with E-state index in [2.05, 4.69) is 34.7 Å². The minimum atomic E-state index is -1.34. The fourth-order valence-corrected chi connectivity index (χ4v) is 4.59. The Hall–Kier alpha value is -3.67. The molecule has 1 fully saturated rings. The van der Waals surface area contributed by atoms with Crippen LogP contribution in [0.15, 0.2) is 73.1 Å². The molecule has 2 aromatic carbocycles. The van der Waals surface area contributed by atoms with Crippen LogP contribution in [0.5, 0.6) is 0 Å². The number of hydrogen-bond donors (Lipinski definition) is 2. The van der Waals surface area contributed by atoms with Gasteiger partial charge in [0.25, 0.3) is 5.91 Å². The predicted molar refractivity (Wildman–Crippen MR) is 125 cm³/mol. The third-order valence-corrected chi connectivity index (χ3v) is 6.41. The maximum absolute atomic E-state index is 15.0. The first-order chi connectivity index (χ1) is 15.4. The molecule has 1 aliphatic rings. The van der Waals surface area contributed by atoms with Crippen molar-refractivity contribution >= 4 is 17.1 Å². The van der Waals surface area contributed by atoms with Gasteiger partial charge in [0.05, 0.1) is 29.0 Å². The number of anilines is 1. The van der Waals surface area contributed by atoms with Crippen molar-refractivity contribution in [1.29, 1.82) is 0 Å². The number of nitrogens with zero attached hydrogens (tertiary/aromatic N) is 2. The fraction of sp³-hybridized carbons (Fsp3) is 0.231. The lowest BCUT2D eigenvalue weighted by molar-refractivity contribution is 0.1000. The smallest absolute Gasteiger partial charge is 0.252 e. The van der Waals surface area contributed by atoms with E-state index in [1.54, 1.807) is 11.4 Å². The number of carbonyl (C=O) groups excluding carboxylic acids is 1. The van der Waals surface area contributed by atoms with Gasteiger partial charge in [0.15, 0.2) is 0 Å². The lowest BCUT2D eigenvalue weighted by Crippen LogP contribution is -2.36. The number of fused-ring (bicyclic) bond motifs is 1. The van der Waals surface area contributed by atoms with Crippen molar-refractivity contribution < 1.29 is 9.18 Å². The standard InChI is InChI=1S/C26H25FN4O/c1-26(27)12-6-11-23(26)30-24-21(25(28)32)15-29-31-16-20(14-22(24)31)19-10-5-9-18(13-19)17-7-3-2-4-8-17/h2-5,7-10,13-16,23,30H,6,11-12H2,1H3,(H2,28,32)/t23-,26+/m1/s1. The number of hydrogen-bond acceptors (Lipinski definition) is 3. The highest BCUT2D eigenvalue weighted by Crippen LogP contribution is 2.38. The average Bonchev–Trinajstić information content (AvgIpc) is 3.37. The number of nitrogens with one attached hydrogen (secondary N) is 1. The Morgan fingerprint density at radius 1 is 1.09 bits per heavy atom. The number of rotatable bonds is 5. The molecule has 2 atom stereocenters. The van der Waals surface area contributed by atoms with Crippen molar-refractivity contribution in [2.45, 2.75) is 37.9 Å². The maximum Gasteiger partial charge on any atom is 0.252 e. The summed E-state index contributed by atoms with van der Waals surface area (Å²) in [5.74, 6) is -0.588. The number of carbonyl (C=O) groups is 1. The molecular formula is C26H25FN4O. The Labute approximate surface area is 186 Å². The average molecular weight is 429 g/mol. The number of aromatic nitrogens is 2. The molecule has 3 N–H and O–H groups in total. The molecule has 0 radical (unpaired) electrons. The van der Waals surface area contributed by atoms with Gasteiger partial charge in [0.1, 0.15) is 5.67 Å². The Bertz CT molecular complexity index is 1300. The van der Waals surface area contributed by atoms with Crippen molar-refractivity contribution in [1.82, 2.24) is 9.61 Å². The molecule has 6 heteroatoms. The zero-order chi connectivity index (χ0) is 22.3. The molecule has 2 heterocycles. The molecule has 32 heavy (non-hydrogen) atoms. The summed E-state index contributed by atoms with van der Waals surface area (Å²) in [6.07, 6.45) is 5.37. The Kier molecular flexibility index (Phi) is 4.93. The molecule has 0 unspecified atom stereocenters. The van der Waals surface area contributed by atoms with Crippen molar-refractivity contribution in [3.8, 4) is 22.3 Å². The second-order valence-corrected chi connectivity index (χ2v) is 8.67. The number of nitrogens with two attached hydrogens (primary N) is 1. The molecule has 5 nitrogen and oxygen atoms in total. The van der Waals surface area contributed by atoms with Crippen LogP contribution < -0.4 is 11.1 Å². The van der Waals surface area contributed by atoms with E-state index in [0.717, 1.165) is 28.7 Å². The predicted octanol–water partition coefficient (Wildman–Crippen LogP) is 5.46. The molecule has 162 valence electrons. The molecule has 2 aromatic heterocycles. The van der Waals surface area contributed by atoms with E-state index >= 15 is 0 Å². The van der Waals surface area contributed by atoms with Crippen LogP contribution in [0.25, 0.3) is 27.8 Å². The third kappa shape index (κ3) is 3.62. The first-order valence-corrected chi connectivity index (χ1v) is 10.8. The molecule has 4 aromatic rings. The minimum absolute atomic E-state index is 0.267. The number of primary amides is 1. The van der Waals surface area contributed by atoms with E-state index < -0.39 is 11.6 Å². The van der Waals surface area contributed by atoms with Crippen LogP contribution in [0.4, 0.5) is 10.1 Å². The normalized spacial score (nSPS) is 20.5. The van der Waals surface area contributed by atoms with E-state index in [1.165, 1.54) is 6.20 Å². The van der Waals surface area contributed by atoms with Crippen molar-refractivity contribution in [3.63, 3.8) is 0 Å². The van der Waals surface area contributed by atoms with Crippen LogP contribution in [-0.4, -0.2) is 27.2 Å². The van der Waals surface area contributed by atoms with Crippen LogP contribution in [-0.2, 0) is 0 Å². The van der Waals surface area contributed by atoms with Gasteiger partial charge in [-0.2, -0.15) is 5.10 Å². The minimum Gasteiger partial charge on any atom is -0.377 e. The monoisotopic (exact) mass is 428 g/mol. The van der Waals surface area contributed by atoms with Gasteiger partial charge in [-0.15, -0.1) is 0 Å². The number of benzene rings is 2. The molecule has 1 aliphatic carbocycles. The number of halogens is 1. The lowest BCUT2D eigenvalue weighted by Gasteiger charge is -2.26. The topological polar surface area (TPSA) is 72.4 Å². The molecule has 1 saturated carbocycles. The van der Waals surface area contributed by atoms with E-state index in [-0.39, 0.29) is 11.6 Å². The zero-order valence-corrected chi connectivity index (χ0v) is 17.9. The van der Waals surface area contributed by atoms with Gasteiger partial charge in [-0.3, -0.25) is 4.79 Å². The van der Waals surface area contributed by atoms with Gasteiger partial charge in [0, 0.05) is 11.8 Å². The van der Waals surface area contributed by atoms with Crippen LogP contribution in [0.2, 0.25) is 0 Å². The molecule has 1 amide bonds. The highest BCUT2D eigenvalue weighted by Gasteiger charge is 2.39. The van der Waals surface area contributed by atoms with Crippen LogP contribution >= 0.6 is 0 Å². The molecule has 0 aliphatic heterocycles. The first kappa shape index (κ1) is 20.2. The highest BCUT2D eigenvalue weighted by atomic mass is 19.1. The van der Waals surface area contributed by atoms with E-state index in [4.69, 9.17) is 5.73 Å². The summed E-state index contributed by atoms with van der Waals surface area (Å²) in [7, 11) is 0. The lowest BCUT2D eigenvalue weighted by atomic mass is 10.0. The van der Waals surface area contributed by atoms with Crippen molar-refractivity contribution in [2.75, 3.05) is 5.32 Å². The van der Waals surface area contributed by atoms with Gasteiger partial charge in [-0.1, -0.05) is 48.5 Å². The van der Waals surface area contributed by atoms with Crippen molar-refractivity contribution in [3.05, 3.63) is 78.6 Å². The zero-order valence-electron chi connectivity index (χ0n) is 17.9. The van der Waals surface area contributed by atoms with Gasteiger partial charge in [-0.25, -0.2) is 8.91 Å². The van der Waals surface area contributed by atoms with Gasteiger partial charge in [0.2, 0.25) is 0 Å².